The van der Waals surface area contributed by atoms with Crippen LogP contribution in [0.2, 0.25) is 0 Å². The van der Waals surface area contributed by atoms with Gasteiger partial charge in [-0.2, -0.15) is 13.2 Å². The van der Waals surface area contributed by atoms with E-state index in [2.05, 4.69) is 0 Å². The van der Waals surface area contributed by atoms with Crippen molar-refractivity contribution in [1.82, 2.24) is 4.90 Å². The molecule has 0 radical (unpaired) electrons. The highest BCUT2D eigenvalue weighted by Gasteiger charge is 2.31. The summed E-state index contributed by atoms with van der Waals surface area (Å²) < 4.78 is 70.2. The summed E-state index contributed by atoms with van der Waals surface area (Å²) in [6.45, 7) is 0.0701. The topological polar surface area (TPSA) is 46.6 Å². The van der Waals surface area contributed by atoms with Crippen LogP contribution in [0.5, 0.6) is 0 Å². The van der Waals surface area contributed by atoms with Crippen LogP contribution in [-0.4, -0.2) is 29.9 Å². The lowest BCUT2D eigenvalue weighted by atomic mass is 9.96. The van der Waals surface area contributed by atoms with E-state index < -0.39 is 41.2 Å². The summed E-state index contributed by atoms with van der Waals surface area (Å²) in [5.74, 6) is -3.41. The number of rotatable bonds is 4. The fourth-order valence-corrected chi connectivity index (χ4v) is 3.26. The zero-order valence-corrected chi connectivity index (χ0v) is 15.7. The Bertz CT molecular complexity index is 936. The van der Waals surface area contributed by atoms with Gasteiger partial charge in [0.2, 0.25) is 0 Å². The Morgan fingerprint density at radius 1 is 1.03 bits per heavy atom. The molecule has 0 aliphatic carbocycles. The number of esters is 1. The zero-order valence-electron chi connectivity index (χ0n) is 15.7. The number of halogens is 5. The first-order chi connectivity index (χ1) is 14.1. The third-order valence-corrected chi connectivity index (χ3v) is 4.91. The molecule has 0 atom stereocenters. The number of benzene rings is 2. The summed E-state index contributed by atoms with van der Waals surface area (Å²) in [4.78, 5) is 26.0. The number of alkyl halides is 3. The first kappa shape index (κ1) is 21.7. The fraction of sp³-hybridized carbons (Fsp3) is 0.333. The van der Waals surface area contributed by atoms with E-state index in [0.29, 0.717) is 6.07 Å². The minimum atomic E-state index is -4.48. The average molecular weight is 427 g/mol. The van der Waals surface area contributed by atoms with Crippen molar-refractivity contribution in [3.63, 3.8) is 0 Å². The molecule has 4 nitrogen and oxygen atoms in total. The van der Waals surface area contributed by atoms with Crippen molar-refractivity contribution in [2.45, 2.75) is 25.6 Å². The lowest BCUT2D eigenvalue weighted by Crippen LogP contribution is -2.41. The van der Waals surface area contributed by atoms with E-state index in [1.807, 2.05) is 0 Å². The molecule has 0 saturated carbocycles. The average Bonchev–Trinajstić information content (AvgIpc) is 2.71. The zero-order chi connectivity index (χ0) is 21.9. The van der Waals surface area contributed by atoms with Gasteiger partial charge in [0.05, 0.1) is 17.0 Å². The molecule has 0 unspecified atom stereocenters. The summed E-state index contributed by atoms with van der Waals surface area (Å²) in [5.41, 5.74) is -0.851. The second-order valence-electron chi connectivity index (χ2n) is 7.00. The number of amides is 1. The third-order valence-electron chi connectivity index (χ3n) is 4.91. The van der Waals surface area contributed by atoms with Crippen LogP contribution in [0.25, 0.3) is 0 Å². The predicted octanol–water partition coefficient (Wildman–Crippen LogP) is 4.58. The highest BCUT2D eigenvalue weighted by molar-refractivity contribution is 5.94. The van der Waals surface area contributed by atoms with Gasteiger partial charge < -0.3 is 9.64 Å². The van der Waals surface area contributed by atoms with Gasteiger partial charge in [0, 0.05) is 19.2 Å². The van der Waals surface area contributed by atoms with E-state index in [-0.39, 0.29) is 43.7 Å². The second-order valence-corrected chi connectivity index (χ2v) is 7.00. The summed E-state index contributed by atoms with van der Waals surface area (Å²) in [7, 11) is 0. The fourth-order valence-electron chi connectivity index (χ4n) is 3.26. The Morgan fingerprint density at radius 2 is 1.73 bits per heavy atom. The van der Waals surface area contributed by atoms with Crippen LogP contribution in [0.1, 0.15) is 34.3 Å². The van der Waals surface area contributed by atoms with Crippen molar-refractivity contribution in [2.75, 3.05) is 13.1 Å². The summed E-state index contributed by atoms with van der Waals surface area (Å²) >= 11 is 0. The van der Waals surface area contributed by atoms with Crippen molar-refractivity contribution >= 4 is 11.9 Å². The van der Waals surface area contributed by atoms with Crippen molar-refractivity contribution < 1.29 is 36.3 Å². The third kappa shape index (κ3) is 5.14. The lowest BCUT2D eigenvalue weighted by molar-refractivity contribution is -0.151. The summed E-state index contributed by atoms with van der Waals surface area (Å²) in [5, 5.41) is 0. The van der Waals surface area contributed by atoms with Crippen LogP contribution >= 0.6 is 0 Å². The molecule has 2 aromatic rings. The van der Waals surface area contributed by atoms with Gasteiger partial charge in [-0.3, -0.25) is 9.59 Å². The number of likely N-dealkylation sites (tertiary alicyclic amines) is 1. The molecule has 30 heavy (non-hydrogen) atoms. The molecule has 1 amide bonds. The van der Waals surface area contributed by atoms with Crippen LogP contribution in [0.3, 0.4) is 0 Å². The Hall–Kier alpha value is -2.97. The van der Waals surface area contributed by atoms with Crippen LogP contribution in [0, 0.1) is 17.6 Å². The van der Waals surface area contributed by atoms with Gasteiger partial charge in [0.1, 0.15) is 18.2 Å². The molecule has 0 spiro atoms. The standard InChI is InChI=1S/C21H18F5NO3/c22-16-4-5-17(18(23)11-16)19(28)27-8-6-14(7-9-27)20(29)30-12-13-2-1-3-15(10-13)21(24,25)26/h1-5,10-11,14H,6-9,12H2. The molecule has 160 valence electrons. The number of piperidine rings is 1. The first-order valence-corrected chi connectivity index (χ1v) is 9.22. The summed E-state index contributed by atoms with van der Waals surface area (Å²) in [6.07, 6.45) is -3.94. The Labute approximate surface area is 169 Å². The minimum absolute atomic E-state index is 0.180. The molecule has 3 rings (SSSR count). The van der Waals surface area contributed by atoms with Crippen LogP contribution < -0.4 is 0 Å². The molecule has 0 N–H and O–H groups in total. The maximum Gasteiger partial charge on any atom is 0.416 e. The molecule has 1 fully saturated rings. The van der Waals surface area contributed by atoms with E-state index >= 15 is 0 Å². The smallest absolute Gasteiger partial charge is 0.416 e. The molecule has 1 aliphatic heterocycles. The number of ether oxygens (including phenoxy) is 1. The van der Waals surface area contributed by atoms with Crippen LogP contribution in [0.4, 0.5) is 22.0 Å². The van der Waals surface area contributed by atoms with Crippen molar-refractivity contribution in [2.24, 2.45) is 5.92 Å². The second kappa shape index (κ2) is 8.81. The lowest BCUT2D eigenvalue weighted by Gasteiger charge is -2.31. The van der Waals surface area contributed by atoms with Gasteiger partial charge in [-0.05, 0) is 42.7 Å². The van der Waals surface area contributed by atoms with Gasteiger partial charge in [-0.25, -0.2) is 8.78 Å². The van der Waals surface area contributed by atoms with Gasteiger partial charge in [0.25, 0.3) is 5.91 Å². The molecule has 1 heterocycles. The molecule has 9 heteroatoms. The number of carbonyl (C=O) groups excluding carboxylic acids is 2. The monoisotopic (exact) mass is 427 g/mol. The van der Waals surface area contributed by atoms with Crippen LogP contribution in [-0.2, 0) is 22.3 Å². The molecular weight excluding hydrogens is 409 g/mol. The number of carbonyl (C=O) groups is 2. The number of hydrogen-bond acceptors (Lipinski definition) is 3. The molecular formula is C21H18F5NO3. The van der Waals surface area contributed by atoms with Gasteiger partial charge in [-0.1, -0.05) is 12.1 Å². The Morgan fingerprint density at radius 3 is 2.37 bits per heavy atom. The minimum Gasteiger partial charge on any atom is -0.461 e. The molecule has 0 aromatic heterocycles. The van der Waals surface area contributed by atoms with Crippen molar-refractivity contribution in [1.29, 1.82) is 0 Å². The maximum absolute atomic E-state index is 13.8. The van der Waals surface area contributed by atoms with Gasteiger partial charge >= 0.3 is 12.1 Å². The normalized spacial score (nSPS) is 15.2. The van der Waals surface area contributed by atoms with E-state index in [9.17, 15) is 31.5 Å². The Balaban J connectivity index is 1.52. The van der Waals surface area contributed by atoms with E-state index in [0.717, 1.165) is 24.3 Å². The van der Waals surface area contributed by atoms with E-state index in [4.69, 9.17) is 4.74 Å². The first-order valence-electron chi connectivity index (χ1n) is 9.22. The van der Waals surface area contributed by atoms with Crippen molar-refractivity contribution in [3.05, 3.63) is 70.8 Å². The molecule has 0 bridgehead atoms. The number of hydrogen-bond donors (Lipinski definition) is 0. The van der Waals surface area contributed by atoms with E-state index in [1.54, 1.807) is 0 Å². The summed E-state index contributed by atoms with van der Waals surface area (Å²) in [6, 6.07) is 7.22. The highest BCUT2D eigenvalue weighted by Crippen LogP contribution is 2.30. The van der Waals surface area contributed by atoms with Gasteiger partial charge in [0.15, 0.2) is 0 Å². The Kier molecular flexibility index (Phi) is 6.38. The maximum atomic E-state index is 13.8. The number of nitrogens with zero attached hydrogens (tertiary/aromatic N) is 1. The van der Waals surface area contributed by atoms with Crippen molar-refractivity contribution in [3.8, 4) is 0 Å². The largest absolute Gasteiger partial charge is 0.461 e. The highest BCUT2D eigenvalue weighted by atomic mass is 19.4. The molecule has 2 aromatic carbocycles. The van der Waals surface area contributed by atoms with E-state index in [1.165, 1.54) is 17.0 Å². The predicted molar refractivity (Wildman–Crippen MR) is 96.2 cm³/mol. The quantitative estimate of drug-likeness (QED) is 0.530. The van der Waals surface area contributed by atoms with Crippen LogP contribution in [0.15, 0.2) is 42.5 Å². The van der Waals surface area contributed by atoms with Gasteiger partial charge in [-0.15, -0.1) is 0 Å². The SMILES string of the molecule is O=C(OCc1cccc(C(F)(F)F)c1)C1CCN(C(=O)c2ccc(F)cc2F)CC1. The molecule has 1 aliphatic rings. The molecule has 1 saturated heterocycles.